The normalized spacial score (nSPS) is 39.1. The second kappa shape index (κ2) is 4.98. The Hall–Kier alpha value is -1.54. The van der Waals surface area contributed by atoms with E-state index in [0.29, 0.717) is 29.3 Å². The van der Waals surface area contributed by atoms with Crippen LogP contribution in [0.3, 0.4) is 0 Å². The molecule has 3 saturated heterocycles. The largest absolute Gasteiger partial charge is 0.365 e. The number of nitrogens with one attached hydrogen (secondary N) is 1. The van der Waals surface area contributed by atoms with Crippen LogP contribution in [0.2, 0.25) is 0 Å². The Morgan fingerprint density at radius 2 is 2.17 bits per heavy atom. The minimum atomic E-state index is -0.534. The van der Waals surface area contributed by atoms with Gasteiger partial charge in [-0.3, -0.25) is 9.59 Å². The summed E-state index contributed by atoms with van der Waals surface area (Å²) in [6.45, 7) is 4.04. The van der Waals surface area contributed by atoms with E-state index < -0.39 is 5.60 Å². The number of fused-ring (bicyclic) bond motifs is 2. The molecule has 24 heavy (non-hydrogen) atoms. The highest BCUT2D eigenvalue weighted by molar-refractivity contribution is 7.13. The number of ether oxygens (including phenoxy) is 1. The summed E-state index contributed by atoms with van der Waals surface area (Å²) in [6.07, 6.45) is 2.70. The van der Waals surface area contributed by atoms with Crippen molar-refractivity contribution in [1.82, 2.24) is 20.4 Å². The van der Waals surface area contributed by atoms with Gasteiger partial charge in [0, 0.05) is 25.0 Å². The smallest absolute Gasteiger partial charge is 0.284 e. The van der Waals surface area contributed by atoms with Crippen molar-refractivity contribution in [1.29, 1.82) is 0 Å². The van der Waals surface area contributed by atoms with E-state index in [1.807, 2.05) is 11.8 Å². The predicted molar refractivity (Wildman–Crippen MR) is 85.5 cm³/mol. The molecule has 3 unspecified atom stereocenters. The van der Waals surface area contributed by atoms with Gasteiger partial charge in [-0.25, -0.2) is 0 Å². The Bertz CT molecular complexity index is 708. The van der Waals surface area contributed by atoms with Crippen molar-refractivity contribution in [3.63, 3.8) is 0 Å². The molecule has 1 aromatic rings. The molecule has 5 fully saturated rings. The van der Waals surface area contributed by atoms with Gasteiger partial charge in [0.15, 0.2) is 0 Å². The molecular formula is C16H20N4O3S. The molecule has 8 heteroatoms. The molecule has 128 valence electrons. The van der Waals surface area contributed by atoms with Crippen molar-refractivity contribution in [3.05, 3.63) is 10.0 Å². The molecule has 1 aromatic heterocycles. The first kappa shape index (κ1) is 14.8. The zero-order valence-electron chi connectivity index (χ0n) is 13.5. The van der Waals surface area contributed by atoms with Gasteiger partial charge >= 0.3 is 0 Å². The fourth-order valence-corrected chi connectivity index (χ4v) is 5.35. The van der Waals surface area contributed by atoms with Crippen molar-refractivity contribution in [2.24, 2.45) is 17.8 Å². The highest BCUT2D eigenvalue weighted by Crippen LogP contribution is 2.49. The van der Waals surface area contributed by atoms with Crippen molar-refractivity contribution in [2.75, 3.05) is 19.7 Å². The highest BCUT2D eigenvalue weighted by Gasteiger charge is 2.59. The molecule has 2 aliphatic carbocycles. The molecule has 7 nitrogen and oxygen atoms in total. The monoisotopic (exact) mass is 348 g/mol. The summed E-state index contributed by atoms with van der Waals surface area (Å²) in [5, 5.41) is 12.3. The van der Waals surface area contributed by atoms with Gasteiger partial charge in [-0.05, 0) is 38.0 Å². The topological polar surface area (TPSA) is 84.4 Å². The third kappa shape index (κ3) is 2.05. The summed E-state index contributed by atoms with van der Waals surface area (Å²) in [6, 6.07) is 0.175. The minimum absolute atomic E-state index is 0.0281. The van der Waals surface area contributed by atoms with Gasteiger partial charge in [0.1, 0.15) is 10.6 Å². The van der Waals surface area contributed by atoms with Crippen molar-refractivity contribution in [3.8, 4) is 0 Å². The molecule has 1 N–H and O–H groups in total. The average molecular weight is 348 g/mol. The first-order valence-electron chi connectivity index (χ1n) is 8.58. The third-order valence-corrected chi connectivity index (χ3v) is 6.95. The summed E-state index contributed by atoms with van der Waals surface area (Å²) in [4.78, 5) is 26.9. The molecule has 0 aromatic carbocycles. The lowest BCUT2D eigenvalue weighted by Gasteiger charge is -2.43. The number of carbonyl (C=O) groups excluding carboxylic acids is 2. The molecule has 5 aliphatic rings. The highest BCUT2D eigenvalue weighted by atomic mass is 32.1. The van der Waals surface area contributed by atoms with Crippen molar-refractivity contribution < 1.29 is 14.3 Å². The lowest BCUT2D eigenvalue weighted by Crippen LogP contribution is -2.59. The lowest BCUT2D eigenvalue weighted by molar-refractivity contribution is -0.145. The number of likely N-dealkylation sites (tertiary alicyclic amines) is 1. The van der Waals surface area contributed by atoms with Crippen LogP contribution >= 0.6 is 11.3 Å². The quantitative estimate of drug-likeness (QED) is 0.865. The molecule has 2 bridgehead atoms. The summed E-state index contributed by atoms with van der Waals surface area (Å²) in [5.41, 5.74) is -0.534. The fourth-order valence-electron chi connectivity index (χ4n) is 4.69. The number of rotatable bonds is 3. The van der Waals surface area contributed by atoms with Crippen LogP contribution in [-0.4, -0.2) is 58.3 Å². The molecule has 0 radical (unpaired) electrons. The van der Waals surface area contributed by atoms with E-state index in [9.17, 15) is 9.59 Å². The Kier molecular flexibility index (Phi) is 3.07. The maximum Gasteiger partial charge on any atom is 0.284 e. The molecule has 2 saturated carbocycles. The second-order valence-electron chi connectivity index (χ2n) is 7.66. The number of aromatic nitrogens is 2. The summed E-state index contributed by atoms with van der Waals surface area (Å²) < 4.78 is 5.69. The predicted octanol–water partition coefficient (Wildman–Crippen LogP) is 0.602. The van der Waals surface area contributed by atoms with Crippen LogP contribution in [0.25, 0.3) is 0 Å². The van der Waals surface area contributed by atoms with E-state index in [-0.39, 0.29) is 17.9 Å². The van der Waals surface area contributed by atoms with E-state index in [4.69, 9.17) is 4.74 Å². The number of aryl methyl sites for hydroxylation is 1. The van der Waals surface area contributed by atoms with E-state index in [1.165, 1.54) is 11.3 Å². The van der Waals surface area contributed by atoms with Gasteiger partial charge in [-0.2, -0.15) is 0 Å². The van der Waals surface area contributed by atoms with Crippen LogP contribution in [0.4, 0.5) is 0 Å². The van der Waals surface area contributed by atoms with E-state index in [1.54, 1.807) is 0 Å². The number of hydrogen-bond acceptors (Lipinski definition) is 6. The Balaban J connectivity index is 1.20. The number of amides is 2. The van der Waals surface area contributed by atoms with Crippen LogP contribution in [0.15, 0.2) is 0 Å². The maximum atomic E-state index is 12.5. The third-order valence-electron chi connectivity index (χ3n) is 6.12. The fraction of sp³-hybridized carbons (Fsp3) is 0.750. The van der Waals surface area contributed by atoms with Crippen LogP contribution in [-0.2, 0) is 9.53 Å². The molecule has 2 amide bonds. The van der Waals surface area contributed by atoms with Crippen molar-refractivity contribution >= 4 is 23.2 Å². The van der Waals surface area contributed by atoms with Crippen LogP contribution in [0.1, 0.15) is 34.1 Å². The van der Waals surface area contributed by atoms with Gasteiger partial charge < -0.3 is 15.0 Å². The van der Waals surface area contributed by atoms with Crippen LogP contribution in [0, 0.1) is 24.7 Å². The zero-order chi connectivity index (χ0) is 16.5. The van der Waals surface area contributed by atoms with Crippen LogP contribution in [0.5, 0.6) is 0 Å². The Labute approximate surface area is 143 Å². The Morgan fingerprint density at radius 3 is 2.83 bits per heavy atom. The van der Waals surface area contributed by atoms with Gasteiger partial charge in [0.2, 0.25) is 5.01 Å². The molecule has 0 spiro atoms. The van der Waals surface area contributed by atoms with Gasteiger partial charge in [-0.15, -0.1) is 10.2 Å². The summed E-state index contributed by atoms with van der Waals surface area (Å²) in [5.74, 6) is 1.47. The molecular weight excluding hydrogens is 328 g/mol. The zero-order valence-corrected chi connectivity index (χ0v) is 14.3. The Morgan fingerprint density at radius 1 is 1.33 bits per heavy atom. The maximum absolute atomic E-state index is 12.5. The van der Waals surface area contributed by atoms with Crippen LogP contribution < -0.4 is 5.32 Å². The number of hydrogen-bond donors (Lipinski definition) is 1. The summed E-state index contributed by atoms with van der Waals surface area (Å²) >= 11 is 1.34. The summed E-state index contributed by atoms with van der Waals surface area (Å²) in [7, 11) is 0. The van der Waals surface area contributed by atoms with Gasteiger partial charge in [-0.1, -0.05) is 11.3 Å². The van der Waals surface area contributed by atoms with E-state index in [2.05, 4.69) is 15.5 Å². The first-order chi connectivity index (χ1) is 11.5. The minimum Gasteiger partial charge on any atom is -0.365 e. The molecule has 4 heterocycles. The standard InChI is InChI=1S/C16H20N4O3S/c1-8-18-19-13(24-8)14(21)20-5-10-2-12(11(10)6-20)17-15(22)16-3-9(4-16)7-23-16/h9-12H,2-7H2,1H3,(H,17,22). The molecule has 3 atom stereocenters. The second-order valence-corrected chi connectivity index (χ2v) is 8.84. The first-order valence-corrected chi connectivity index (χ1v) is 9.40. The molecule has 6 rings (SSSR count). The molecule has 3 aliphatic heterocycles. The van der Waals surface area contributed by atoms with E-state index in [0.717, 1.165) is 37.4 Å². The number of nitrogens with zero attached hydrogens (tertiary/aromatic N) is 3. The van der Waals surface area contributed by atoms with Gasteiger partial charge in [0.25, 0.3) is 11.8 Å². The number of carbonyl (C=O) groups is 2. The average Bonchev–Trinajstić information content (AvgIpc) is 3.25. The van der Waals surface area contributed by atoms with Crippen molar-refractivity contribution in [2.45, 2.75) is 37.8 Å². The lowest BCUT2D eigenvalue weighted by atomic mass is 9.70. The van der Waals surface area contributed by atoms with E-state index >= 15 is 0 Å². The van der Waals surface area contributed by atoms with Gasteiger partial charge in [0.05, 0.1) is 6.61 Å². The SMILES string of the molecule is Cc1nnc(C(=O)N2CC3CC(NC(=O)C45CC(CO4)C5)C3C2)s1.